The second kappa shape index (κ2) is 5.09. The monoisotopic (exact) mass is 241 g/mol. The van der Waals surface area contributed by atoms with Crippen LogP contribution in [0.25, 0.3) is 0 Å². The highest BCUT2D eigenvalue weighted by Gasteiger charge is 2.12. The fraction of sp³-hybridized carbons (Fsp3) is 0.600. The second-order valence-corrected chi connectivity index (χ2v) is 5.17. The number of rotatable bonds is 3. The van der Waals surface area contributed by atoms with Gasteiger partial charge in [-0.15, -0.1) is 0 Å². The molecule has 0 aliphatic carbocycles. The average molecular weight is 241 g/mol. The van der Waals surface area contributed by atoms with Crippen LogP contribution in [0.5, 0.6) is 0 Å². The minimum absolute atomic E-state index is 0.766. The second-order valence-electron chi connectivity index (χ2n) is 3.51. The Hall–Kier alpha value is -0.390. The van der Waals surface area contributed by atoms with Crippen LogP contribution in [0.15, 0.2) is 0 Å². The number of fused-ring (bicyclic) bond motifs is 1. The van der Waals surface area contributed by atoms with Gasteiger partial charge in [0.15, 0.2) is 0 Å². The van der Waals surface area contributed by atoms with Crippen molar-refractivity contribution in [2.45, 2.75) is 25.6 Å². The molecule has 5 heteroatoms. The van der Waals surface area contributed by atoms with Gasteiger partial charge < -0.3 is 10.3 Å². The molecule has 0 fully saturated rings. The van der Waals surface area contributed by atoms with Crippen LogP contribution in [0.2, 0.25) is 0 Å². The Bertz CT molecular complexity index is 400. The van der Waals surface area contributed by atoms with Crippen molar-refractivity contribution < 1.29 is 0 Å². The molecule has 0 aromatic carbocycles. The van der Waals surface area contributed by atoms with Crippen molar-refractivity contribution in [2.75, 3.05) is 12.3 Å². The van der Waals surface area contributed by atoms with Crippen molar-refractivity contribution in [1.29, 1.82) is 0 Å². The van der Waals surface area contributed by atoms with Crippen LogP contribution in [0.4, 0.5) is 0 Å². The fourth-order valence-corrected chi connectivity index (χ4v) is 2.53. The summed E-state index contributed by atoms with van der Waals surface area (Å²) in [4.78, 5) is 7.82. The third-order valence-electron chi connectivity index (χ3n) is 2.45. The first-order valence-electron chi connectivity index (χ1n) is 5.20. The minimum Gasteiger partial charge on any atom is -0.346 e. The molecule has 15 heavy (non-hydrogen) atoms. The van der Waals surface area contributed by atoms with E-state index < -0.39 is 0 Å². The van der Waals surface area contributed by atoms with Crippen molar-refractivity contribution in [3.8, 4) is 0 Å². The molecule has 1 aliphatic heterocycles. The highest BCUT2D eigenvalue weighted by Crippen LogP contribution is 2.15. The first kappa shape index (κ1) is 11.1. The van der Waals surface area contributed by atoms with Gasteiger partial charge in [0.2, 0.25) is 0 Å². The van der Waals surface area contributed by atoms with Gasteiger partial charge in [-0.05, 0) is 5.75 Å². The molecule has 0 amide bonds. The Morgan fingerprint density at radius 1 is 1.53 bits per heavy atom. The Morgan fingerprint density at radius 3 is 3.20 bits per heavy atom. The maximum atomic E-state index is 5.30. The molecule has 0 bridgehead atoms. The lowest BCUT2D eigenvalue weighted by atomic mass is 10.1. The summed E-state index contributed by atoms with van der Waals surface area (Å²) in [7, 11) is 0. The average Bonchev–Trinajstić information content (AvgIpc) is 2.26. The summed E-state index contributed by atoms with van der Waals surface area (Å²) < 4.78 is 0.766. The SMILES string of the molecule is CCSCc1nc(=S)c2c([nH]1)CCNC2. The van der Waals surface area contributed by atoms with E-state index in [1.165, 1.54) is 11.3 Å². The number of aromatic amines is 1. The van der Waals surface area contributed by atoms with E-state index in [9.17, 15) is 0 Å². The number of aromatic nitrogens is 2. The van der Waals surface area contributed by atoms with E-state index in [-0.39, 0.29) is 0 Å². The summed E-state index contributed by atoms with van der Waals surface area (Å²) in [5.41, 5.74) is 2.46. The molecule has 0 atom stereocenters. The lowest BCUT2D eigenvalue weighted by molar-refractivity contribution is 0.620. The van der Waals surface area contributed by atoms with Gasteiger partial charge in [-0.2, -0.15) is 11.8 Å². The summed E-state index contributed by atoms with van der Waals surface area (Å²) in [5.74, 6) is 3.06. The van der Waals surface area contributed by atoms with E-state index >= 15 is 0 Å². The third-order valence-corrected chi connectivity index (χ3v) is 3.67. The van der Waals surface area contributed by atoms with Gasteiger partial charge in [0, 0.05) is 30.8 Å². The van der Waals surface area contributed by atoms with Crippen LogP contribution in [0, 0.1) is 4.64 Å². The molecule has 1 aromatic heterocycles. The Morgan fingerprint density at radius 2 is 2.40 bits per heavy atom. The van der Waals surface area contributed by atoms with Crippen LogP contribution in [-0.4, -0.2) is 22.3 Å². The van der Waals surface area contributed by atoms with E-state index in [4.69, 9.17) is 12.2 Å². The van der Waals surface area contributed by atoms with Gasteiger partial charge in [-0.25, -0.2) is 4.98 Å². The van der Waals surface area contributed by atoms with E-state index in [1.54, 1.807) is 0 Å². The zero-order valence-electron chi connectivity index (χ0n) is 8.80. The number of nitrogens with one attached hydrogen (secondary N) is 2. The van der Waals surface area contributed by atoms with Gasteiger partial charge >= 0.3 is 0 Å². The summed E-state index contributed by atoms with van der Waals surface area (Å²) in [6.07, 6.45) is 1.03. The molecule has 0 radical (unpaired) electrons. The molecule has 0 spiro atoms. The van der Waals surface area contributed by atoms with Crippen molar-refractivity contribution in [2.24, 2.45) is 0 Å². The normalized spacial score (nSPS) is 15.0. The zero-order valence-corrected chi connectivity index (χ0v) is 10.4. The molecule has 1 aliphatic rings. The van der Waals surface area contributed by atoms with Crippen molar-refractivity contribution in [1.82, 2.24) is 15.3 Å². The lowest BCUT2D eigenvalue weighted by Gasteiger charge is -2.17. The predicted octanol–water partition coefficient (Wildman–Crippen LogP) is 2.04. The topological polar surface area (TPSA) is 40.7 Å². The molecule has 2 N–H and O–H groups in total. The highest BCUT2D eigenvalue weighted by atomic mass is 32.2. The van der Waals surface area contributed by atoms with E-state index in [2.05, 4.69) is 22.2 Å². The molecular formula is C10H15N3S2. The van der Waals surface area contributed by atoms with Crippen LogP contribution in [0.1, 0.15) is 24.0 Å². The van der Waals surface area contributed by atoms with Gasteiger partial charge in [0.1, 0.15) is 10.5 Å². The molecule has 3 nitrogen and oxygen atoms in total. The minimum atomic E-state index is 0.766. The molecule has 2 rings (SSSR count). The highest BCUT2D eigenvalue weighted by molar-refractivity contribution is 7.98. The molecular weight excluding hydrogens is 226 g/mol. The number of nitrogens with zero attached hydrogens (tertiary/aromatic N) is 1. The third kappa shape index (κ3) is 2.59. The first-order valence-corrected chi connectivity index (χ1v) is 6.77. The van der Waals surface area contributed by atoms with Crippen molar-refractivity contribution in [3.05, 3.63) is 21.7 Å². The summed E-state index contributed by atoms with van der Waals surface area (Å²) >= 11 is 7.16. The molecule has 0 saturated carbocycles. The summed E-state index contributed by atoms with van der Waals surface area (Å²) in [6.45, 7) is 4.04. The Labute approximate surface area is 99.1 Å². The lowest BCUT2D eigenvalue weighted by Crippen LogP contribution is -2.25. The molecule has 2 heterocycles. The van der Waals surface area contributed by atoms with Crippen molar-refractivity contribution >= 4 is 24.0 Å². The summed E-state index contributed by atoms with van der Waals surface area (Å²) in [5, 5.41) is 3.31. The van der Waals surface area contributed by atoms with E-state index in [1.807, 2.05) is 11.8 Å². The van der Waals surface area contributed by atoms with Crippen LogP contribution in [-0.2, 0) is 18.7 Å². The predicted molar refractivity (Wildman–Crippen MR) is 66.7 cm³/mol. The zero-order chi connectivity index (χ0) is 10.7. The van der Waals surface area contributed by atoms with Gasteiger partial charge in [0.25, 0.3) is 0 Å². The Kier molecular flexibility index (Phi) is 3.77. The van der Waals surface area contributed by atoms with Crippen molar-refractivity contribution in [3.63, 3.8) is 0 Å². The van der Waals surface area contributed by atoms with Crippen LogP contribution >= 0.6 is 24.0 Å². The fourth-order valence-electron chi connectivity index (χ4n) is 1.69. The number of hydrogen-bond donors (Lipinski definition) is 2. The summed E-state index contributed by atoms with van der Waals surface area (Å²) in [6, 6.07) is 0. The van der Waals surface area contributed by atoms with Gasteiger partial charge in [-0.1, -0.05) is 19.1 Å². The van der Waals surface area contributed by atoms with Gasteiger partial charge in [0.05, 0.1) is 5.75 Å². The molecule has 82 valence electrons. The standard InChI is InChI=1S/C10H15N3S2/c1-2-15-6-9-12-8-3-4-11-5-7(8)10(14)13-9/h11H,2-6H2,1H3,(H,12,13,14). The smallest absolute Gasteiger partial charge is 0.134 e. The first-order chi connectivity index (χ1) is 7.31. The Balaban J connectivity index is 2.28. The van der Waals surface area contributed by atoms with Gasteiger partial charge in [-0.3, -0.25) is 0 Å². The maximum Gasteiger partial charge on any atom is 0.134 e. The van der Waals surface area contributed by atoms with Crippen LogP contribution in [0.3, 0.4) is 0 Å². The number of hydrogen-bond acceptors (Lipinski definition) is 4. The quantitative estimate of drug-likeness (QED) is 0.795. The van der Waals surface area contributed by atoms with E-state index in [0.29, 0.717) is 0 Å². The molecule has 0 unspecified atom stereocenters. The maximum absolute atomic E-state index is 5.30. The number of H-pyrrole nitrogens is 1. The largest absolute Gasteiger partial charge is 0.346 e. The molecule has 0 saturated heterocycles. The van der Waals surface area contributed by atoms with Crippen LogP contribution < -0.4 is 5.32 Å². The van der Waals surface area contributed by atoms with E-state index in [0.717, 1.165) is 41.5 Å². The number of thioether (sulfide) groups is 1. The molecule has 1 aromatic rings.